The first-order valence-corrected chi connectivity index (χ1v) is 14.3. The van der Waals surface area contributed by atoms with Crippen molar-refractivity contribution in [1.29, 1.82) is 0 Å². The van der Waals surface area contributed by atoms with E-state index in [-0.39, 0.29) is 20.1 Å². The summed E-state index contributed by atoms with van der Waals surface area (Å²) in [4.78, 5) is 12.8. The molecule has 0 aliphatic carbocycles. The summed E-state index contributed by atoms with van der Waals surface area (Å²) in [5.74, 6) is 0.619. The summed E-state index contributed by atoms with van der Waals surface area (Å²) >= 11 is 0. The molecule has 0 radical (unpaired) electrons. The molecule has 0 spiro atoms. The minimum atomic E-state index is 0. The third-order valence-electron chi connectivity index (χ3n) is 6.68. The van der Waals surface area contributed by atoms with Gasteiger partial charge in [-0.3, -0.25) is 4.98 Å². The van der Waals surface area contributed by atoms with Gasteiger partial charge in [0.2, 0.25) is 0 Å². The monoisotopic (exact) mass is 739 g/mol. The summed E-state index contributed by atoms with van der Waals surface area (Å²) in [5.41, 5.74) is 8.53. The molecule has 216 valence electrons. The SMILES string of the molecule is CCCC(C)c1c[c-]c(-c2ccccn2)cc1.[CH2-]c1ccccc1-c1ccccn1.[Ir+3].[c-]1ccccc1-c1ccccn1. The van der Waals surface area contributed by atoms with E-state index in [9.17, 15) is 0 Å². The Morgan fingerprint density at radius 3 is 1.67 bits per heavy atom. The van der Waals surface area contributed by atoms with Crippen LogP contribution in [0.4, 0.5) is 0 Å². The molecule has 0 N–H and O–H groups in total. The van der Waals surface area contributed by atoms with E-state index in [0.717, 1.165) is 39.3 Å². The van der Waals surface area contributed by atoms with Gasteiger partial charge in [-0.15, -0.1) is 89.0 Å². The zero-order valence-corrected chi connectivity index (χ0v) is 27.0. The Bertz CT molecular complexity index is 1540. The van der Waals surface area contributed by atoms with E-state index in [1.807, 2.05) is 109 Å². The average Bonchev–Trinajstić information content (AvgIpc) is 3.07. The van der Waals surface area contributed by atoms with Crippen LogP contribution in [-0.2, 0) is 20.1 Å². The maximum atomic E-state index is 4.33. The number of rotatable bonds is 6. The summed E-state index contributed by atoms with van der Waals surface area (Å²) in [7, 11) is 0. The molecule has 0 aliphatic heterocycles. The minimum absolute atomic E-state index is 0. The molecule has 1 atom stereocenters. The van der Waals surface area contributed by atoms with E-state index >= 15 is 0 Å². The fourth-order valence-electron chi connectivity index (χ4n) is 4.39. The Morgan fingerprint density at radius 2 is 1.19 bits per heavy atom. The number of hydrogen-bond donors (Lipinski definition) is 0. The second kappa shape index (κ2) is 18.2. The van der Waals surface area contributed by atoms with Crippen LogP contribution in [0.5, 0.6) is 0 Å². The van der Waals surface area contributed by atoms with E-state index < -0.39 is 0 Å². The van der Waals surface area contributed by atoms with Crippen LogP contribution < -0.4 is 0 Å². The quantitative estimate of drug-likeness (QED) is 0.160. The molecule has 3 heterocycles. The zero-order chi connectivity index (χ0) is 29.4. The van der Waals surface area contributed by atoms with Gasteiger partial charge in [0.1, 0.15) is 0 Å². The van der Waals surface area contributed by atoms with Crippen molar-refractivity contribution in [2.24, 2.45) is 0 Å². The van der Waals surface area contributed by atoms with Crippen molar-refractivity contribution in [3.05, 3.63) is 170 Å². The van der Waals surface area contributed by atoms with Gasteiger partial charge >= 0.3 is 20.1 Å². The first-order chi connectivity index (χ1) is 20.7. The Hall–Kier alpha value is -4.37. The number of benzene rings is 3. The first-order valence-electron chi connectivity index (χ1n) is 14.3. The normalized spacial score (nSPS) is 10.6. The number of hydrogen-bond acceptors (Lipinski definition) is 3. The van der Waals surface area contributed by atoms with Gasteiger partial charge in [0, 0.05) is 24.3 Å². The Morgan fingerprint density at radius 1 is 0.628 bits per heavy atom. The van der Waals surface area contributed by atoms with E-state index in [0.29, 0.717) is 5.92 Å². The van der Waals surface area contributed by atoms with Crippen LogP contribution in [0.1, 0.15) is 43.7 Å². The average molecular weight is 739 g/mol. The van der Waals surface area contributed by atoms with Gasteiger partial charge in [-0.2, -0.15) is 18.6 Å². The van der Waals surface area contributed by atoms with Crippen molar-refractivity contribution in [3.63, 3.8) is 0 Å². The molecule has 0 bridgehead atoms. The summed E-state index contributed by atoms with van der Waals surface area (Å²) in [6, 6.07) is 46.4. The maximum absolute atomic E-state index is 4.33. The van der Waals surface area contributed by atoms with Crippen molar-refractivity contribution in [3.8, 4) is 33.8 Å². The molecule has 6 aromatic rings. The van der Waals surface area contributed by atoms with Crippen LogP contribution in [-0.4, -0.2) is 15.0 Å². The van der Waals surface area contributed by atoms with Crippen molar-refractivity contribution < 1.29 is 20.1 Å². The van der Waals surface area contributed by atoms with Crippen molar-refractivity contribution in [2.75, 3.05) is 0 Å². The van der Waals surface area contributed by atoms with Gasteiger partial charge in [0.05, 0.1) is 0 Å². The Kier molecular flexibility index (Phi) is 14.0. The molecule has 43 heavy (non-hydrogen) atoms. The van der Waals surface area contributed by atoms with E-state index in [4.69, 9.17) is 0 Å². The first kappa shape index (κ1) is 33.1. The molecule has 0 saturated heterocycles. The molecule has 0 saturated carbocycles. The van der Waals surface area contributed by atoms with E-state index in [2.05, 4.69) is 66.1 Å². The van der Waals surface area contributed by atoms with Crippen molar-refractivity contribution >= 4 is 0 Å². The van der Waals surface area contributed by atoms with Crippen molar-refractivity contribution in [2.45, 2.75) is 32.6 Å². The molecule has 0 aliphatic rings. The van der Waals surface area contributed by atoms with Gasteiger partial charge in [0.15, 0.2) is 0 Å². The fraction of sp³-hybridized carbons (Fsp3) is 0.128. The minimum Gasteiger partial charge on any atom is -0.305 e. The molecule has 0 amide bonds. The molecule has 0 fully saturated rings. The largest absolute Gasteiger partial charge is 3.00 e. The third kappa shape index (κ3) is 10.4. The van der Waals surface area contributed by atoms with Gasteiger partial charge in [-0.25, -0.2) is 0 Å². The molecular formula is C39H36IrN3. The molecule has 4 heteroatoms. The van der Waals surface area contributed by atoms with Crippen LogP contribution in [0, 0.1) is 19.1 Å². The molecule has 3 aromatic carbocycles. The zero-order valence-electron chi connectivity index (χ0n) is 24.7. The summed E-state index contributed by atoms with van der Waals surface area (Å²) in [6.45, 7) is 8.45. The maximum Gasteiger partial charge on any atom is 3.00 e. The predicted molar refractivity (Wildman–Crippen MR) is 174 cm³/mol. The van der Waals surface area contributed by atoms with Gasteiger partial charge in [-0.05, 0) is 35.7 Å². The van der Waals surface area contributed by atoms with Crippen LogP contribution in [0.25, 0.3) is 33.8 Å². The van der Waals surface area contributed by atoms with Crippen LogP contribution >= 0.6 is 0 Å². The fourth-order valence-corrected chi connectivity index (χ4v) is 4.39. The van der Waals surface area contributed by atoms with Crippen molar-refractivity contribution in [1.82, 2.24) is 15.0 Å². The second-order valence-corrected chi connectivity index (χ2v) is 9.80. The molecule has 3 nitrogen and oxygen atoms in total. The number of aromatic nitrogens is 3. The van der Waals surface area contributed by atoms with Gasteiger partial charge in [0.25, 0.3) is 0 Å². The van der Waals surface area contributed by atoms with E-state index in [1.54, 1.807) is 12.4 Å². The third-order valence-corrected chi connectivity index (χ3v) is 6.68. The summed E-state index contributed by atoms with van der Waals surface area (Å²) in [5, 5.41) is 0. The second-order valence-electron chi connectivity index (χ2n) is 9.80. The predicted octanol–water partition coefficient (Wildman–Crippen LogP) is 9.93. The standard InChI is InChI=1S/C16H18N.C12H10N.C11H8N.Ir/c1-3-6-13(2)14-8-10-15(11-9-14)16-7-4-5-12-17-16;1-10-6-2-3-7-11(10)12-8-4-5-9-13-12;1-2-6-10(7-3-1)11-8-4-5-9-12-11;/h4-5,7-10,12-13H,3,6H2,1-2H3;2-9H,1H2;1-6,8-9H;/q3*-1;+3. The summed E-state index contributed by atoms with van der Waals surface area (Å²) < 4.78 is 0. The number of nitrogens with zero attached hydrogens (tertiary/aromatic N) is 3. The van der Waals surface area contributed by atoms with E-state index in [1.165, 1.54) is 18.4 Å². The topological polar surface area (TPSA) is 38.7 Å². The summed E-state index contributed by atoms with van der Waals surface area (Å²) in [6.07, 6.45) is 7.86. The number of pyridine rings is 3. The van der Waals surface area contributed by atoms with Crippen LogP contribution in [0.15, 0.2) is 140 Å². The smallest absolute Gasteiger partial charge is 0.305 e. The molecule has 6 rings (SSSR count). The Labute approximate surface area is 270 Å². The van der Waals surface area contributed by atoms with Crippen LogP contribution in [0.2, 0.25) is 0 Å². The van der Waals surface area contributed by atoms with Gasteiger partial charge in [-0.1, -0.05) is 69.0 Å². The Balaban J connectivity index is 0.000000178. The molecular weight excluding hydrogens is 703 g/mol. The van der Waals surface area contributed by atoms with Crippen LogP contribution in [0.3, 0.4) is 0 Å². The molecule has 1 unspecified atom stereocenters. The van der Waals surface area contributed by atoms with Gasteiger partial charge < -0.3 is 9.97 Å². The molecule has 3 aromatic heterocycles.